The van der Waals surface area contributed by atoms with Gasteiger partial charge in [0.15, 0.2) is 5.13 Å². The molecule has 1 aromatic carbocycles. The lowest BCUT2D eigenvalue weighted by Gasteiger charge is -2.12. The molecule has 0 aliphatic carbocycles. The number of hydrogen-bond donors (Lipinski definition) is 1. The SMILES string of the molecule is CCOc1cc2sc(NCCOC)nc2cc1C(C)C. The molecule has 0 bridgehead atoms. The number of methoxy groups -OCH3 is 1. The van der Waals surface area contributed by atoms with Gasteiger partial charge in [0.05, 0.1) is 23.4 Å². The first-order valence-corrected chi connectivity index (χ1v) is 7.77. The average molecular weight is 294 g/mol. The van der Waals surface area contributed by atoms with Gasteiger partial charge in [-0.3, -0.25) is 0 Å². The Hall–Kier alpha value is -1.33. The summed E-state index contributed by atoms with van der Waals surface area (Å²) in [6.07, 6.45) is 0. The van der Waals surface area contributed by atoms with Gasteiger partial charge < -0.3 is 14.8 Å². The zero-order chi connectivity index (χ0) is 14.5. The normalized spacial score (nSPS) is 11.2. The van der Waals surface area contributed by atoms with Crippen molar-refractivity contribution in [3.63, 3.8) is 0 Å². The summed E-state index contributed by atoms with van der Waals surface area (Å²) >= 11 is 1.65. The van der Waals surface area contributed by atoms with Crippen molar-refractivity contribution in [2.24, 2.45) is 0 Å². The second-order valence-electron chi connectivity index (χ2n) is 4.88. The first kappa shape index (κ1) is 15.1. The standard InChI is InChI=1S/C15H22N2O2S/c1-5-19-13-9-14-12(8-11(13)10(2)3)17-15(20-14)16-6-7-18-4/h8-10H,5-7H2,1-4H3,(H,16,17). The van der Waals surface area contributed by atoms with Crippen LogP contribution in [0.15, 0.2) is 12.1 Å². The molecule has 2 rings (SSSR count). The lowest BCUT2D eigenvalue weighted by atomic mass is 10.0. The fourth-order valence-electron chi connectivity index (χ4n) is 2.04. The maximum absolute atomic E-state index is 5.75. The van der Waals surface area contributed by atoms with Crippen LogP contribution < -0.4 is 10.1 Å². The number of hydrogen-bond acceptors (Lipinski definition) is 5. The van der Waals surface area contributed by atoms with Gasteiger partial charge in [0.25, 0.3) is 0 Å². The van der Waals surface area contributed by atoms with Crippen molar-refractivity contribution in [2.45, 2.75) is 26.7 Å². The monoisotopic (exact) mass is 294 g/mol. The quantitative estimate of drug-likeness (QED) is 0.787. The molecule has 2 aromatic rings. The Bertz CT molecular complexity index is 566. The Labute approximate surface area is 124 Å². The van der Waals surface area contributed by atoms with Crippen LogP contribution in [0.5, 0.6) is 5.75 Å². The summed E-state index contributed by atoms with van der Waals surface area (Å²) in [4.78, 5) is 4.63. The van der Waals surface area contributed by atoms with Crippen LogP contribution in [0.3, 0.4) is 0 Å². The molecule has 0 atom stereocenters. The number of benzene rings is 1. The number of rotatable bonds is 7. The first-order valence-electron chi connectivity index (χ1n) is 6.95. The Balaban J connectivity index is 2.31. The third kappa shape index (κ3) is 3.41. The third-order valence-corrected chi connectivity index (χ3v) is 4.00. The molecule has 20 heavy (non-hydrogen) atoms. The minimum atomic E-state index is 0.424. The molecule has 110 valence electrons. The fraction of sp³-hybridized carbons (Fsp3) is 0.533. The highest BCUT2D eigenvalue weighted by atomic mass is 32.1. The van der Waals surface area contributed by atoms with Crippen LogP contribution in [-0.4, -0.2) is 31.9 Å². The van der Waals surface area contributed by atoms with Crippen molar-refractivity contribution in [3.8, 4) is 5.75 Å². The van der Waals surface area contributed by atoms with E-state index in [4.69, 9.17) is 9.47 Å². The molecule has 4 nitrogen and oxygen atoms in total. The summed E-state index contributed by atoms with van der Waals surface area (Å²) in [5.74, 6) is 1.40. The molecule has 1 heterocycles. The molecular formula is C15H22N2O2S. The van der Waals surface area contributed by atoms with Crippen LogP contribution in [0.1, 0.15) is 32.3 Å². The van der Waals surface area contributed by atoms with Crippen LogP contribution in [0.25, 0.3) is 10.2 Å². The van der Waals surface area contributed by atoms with Gasteiger partial charge in [0.1, 0.15) is 5.75 Å². The summed E-state index contributed by atoms with van der Waals surface area (Å²) in [5, 5.41) is 4.21. The molecule has 0 unspecified atom stereocenters. The summed E-state index contributed by atoms with van der Waals surface area (Å²) in [6.45, 7) is 8.49. The molecule has 0 saturated carbocycles. The molecule has 0 saturated heterocycles. The molecule has 1 N–H and O–H groups in total. The summed E-state index contributed by atoms with van der Waals surface area (Å²) in [7, 11) is 1.70. The number of anilines is 1. The first-order chi connectivity index (χ1) is 9.65. The van der Waals surface area contributed by atoms with Crippen molar-refractivity contribution in [1.29, 1.82) is 0 Å². The van der Waals surface area contributed by atoms with E-state index in [2.05, 4.69) is 36.3 Å². The molecule has 5 heteroatoms. The second kappa shape index (κ2) is 6.90. The topological polar surface area (TPSA) is 43.4 Å². The molecule has 0 radical (unpaired) electrons. The van der Waals surface area contributed by atoms with E-state index in [1.54, 1.807) is 18.4 Å². The largest absolute Gasteiger partial charge is 0.494 e. The maximum atomic E-state index is 5.75. The molecule has 0 fully saturated rings. The molecule has 0 aliphatic heterocycles. The molecule has 0 aliphatic rings. The van der Waals surface area contributed by atoms with Crippen LogP contribution in [0, 0.1) is 0 Å². The van der Waals surface area contributed by atoms with Gasteiger partial charge in [0.2, 0.25) is 0 Å². The summed E-state index contributed by atoms with van der Waals surface area (Å²) < 4.78 is 11.9. The Morgan fingerprint density at radius 3 is 2.80 bits per heavy atom. The van der Waals surface area contributed by atoms with E-state index >= 15 is 0 Å². The molecule has 1 aromatic heterocycles. The molecular weight excluding hydrogens is 272 g/mol. The lowest BCUT2D eigenvalue weighted by Crippen LogP contribution is -2.06. The van der Waals surface area contributed by atoms with Gasteiger partial charge >= 0.3 is 0 Å². The highest BCUT2D eigenvalue weighted by Gasteiger charge is 2.12. The zero-order valence-electron chi connectivity index (χ0n) is 12.5. The van der Waals surface area contributed by atoms with E-state index in [9.17, 15) is 0 Å². The van der Waals surface area contributed by atoms with Gasteiger partial charge in [-0.15, -0.1) is 0 Å². The predicted molar refractivity (Wildman–Crippen MR) is 85.2 cm³/mol. The smallest absolute Gasteiger partial charge is 0.183 e. The second-order valence-corrected chi connectivity index (χ2v) is 5.91. The number of fused-ring (bicyclic) bond motifs is 1. The average Bonchev–Trinajstić information content (AvgIpc) is 2.80. The van der Waals surface area contributed by atoms with Crippen LogP contribution >= 0.6 is 11.3 Å². The van der Waals surface area contributed by atoms with Crippen molar-refractivity contribution < 1.29 is 9.47 Å². The highest BCUT2D eigenvalue weighted by Crippen LogP contribution is 2.35. The Kier molecular flexibility index (Phi) is 5.20. The number of ether oxygens (including phenoxy) is 2. The Morgan fingerprint density at radius 1 is 1.35 bits per heavy atom. The highest BCUT2D eigenvalue weighted by molar-refractivity contribution is 7.22. The van der Waals surface area contributed by atoms with Crippen molar-refractivity contribution in [1.82, 2.24) is 4.98 Å². The van der Waals surface area contributed by atoms with Gasteiger partial charge in [-0.2, -0.15) is 0 Å². The van der Waals surface area contributed by atoms with Gasteiger partial charge in [-0.05, 0) is 30.5 Å². The maximum Gasteiger partial charge on any atom is 0.183 e. The van der Waals surface area contributed by atoms with E-state index in [0.29, 0.717) is 19.1 Å². The minimum Gasteiger partial charge on any atom is -0.494 e. The fourth-order valence-corrected chi connectivity index (χ4v) is 2.94. The molecule has 0 spiro atoms. The van der Waals surface area contributed by atoms with E-state index in [1.807, 2.05) is 6.92 Å². The Morgan fingerprint density at radius 2 is 2.15 bits per heavy atom. The van der Waals surface area contributed by atoms with E-state index in [1.165, 1.54) is 5.56 Å². The number of thiazole rings is 1. The lowest BCUT2D eigenvalue weighted by molar-refractivity contribution is 0.211. The summed E-state index contributed by atoms with van der Waals surface area (Å²) in [6, 6.07) is 4.25. The van der Waals surface area contributed by atoms with Crippen molar-refractivity contribution in [2.75, 3.05) is 32.2 Å². The molecule has 0 amide bonds. The van der Waals surface area contributed by atoms with Gasteiger partial charge in [-0.25, -0.2) is 4.98 Å². The third-order valence-electron chi connectivity index (χ3n) is 3.02. The summed E-state index contributed by atoms with van der Waals surface area (Å²) in [5.41, 5.74) is 2.25. The van der Waals surface area contributed by atoms with E-state index < -0.39 is 0 Å². The minimum absolute atomic E-state index is 0.424. The van der Waals surface area contributed by atoms with Crippen molar-refractivity contribution in [3.05, 3.63) is 17.7 Å². The predicted octanol–water partition coefficient (Wildman–Crippen LogP) is 3.88. The van der Waals surface area contributed by atoms with Crippen molar-refractivity contribution >= 4 is 26.7 Å². The van der Waals surface area contributed by atoms with Crippen LogP contribution in [-0.2, 0) is 4.74 Å². The zero-order valence-corrected chi connectivity index (χ0v) is 13.3. The van der Waals surface area contributed by atoms with Gasteiger partial charge in [0, 0.05) is 13.7 Å². The van der Waals surface area contributed by atoms with Gasteiger partial charge in [-0.1, -0.05) is 25.2 Å². The van der Waals surface area contributed by atoms with Crippen LogP contribution in [0.2, 0.25) is 0 Å². The number of nitrogens with zero attached hydrogens (tertiary/aromatic N) is 1. The van der Waals surface area contributed by atoms with Crippen LogP contribution in [0.4, 0.5) is 5.13 Å². The van der Waals surface area contributed by atoms with E-state index in [-0.39, 0.29) is 0 Å². The number of nitrogens with one attached hydrogen (secondary N) is 1. The number of aromatic nitrogens is 1. The van der Waals surface area contributed by atoms with E-state index in [0.717, 1.165) is 27.6 Å².